The second-order valence-corrected chi connectivity index (χ2v) is 36.4. The average molecular weight is 1510 g/mol. The van der Waals surface area contributed by atoms with Gasteiger partial charge < -0.3 is 9.47 Å². The lowest BCUT2D eigenvalue weighted by molar-refractivity contribution is 0.296. The lowest BCUT2D eigenvalue weighted by atomic mass is 10.0. The Morgan fingerprint density at radius 1 is 0.111 bits per heavy atom. The summed E-state index contributed by atoms with van der Waals surface area (Å²) in [7, 11) is 0. The summed E-state index contributed by atoms with van der Waals surface area (Å²) in [6.45, 7) is 6.30. The summed E-state index contributed by atoms with van der Waals surface area (Å²) in [6, 6.07) is 8.37. The molecule has 1 aromatic carbocycles. The van der Waals surface area contributed by atoms with Crippen LogP contribution in [0, 0.1) is 0 Å². The molecule has 0 unspecified atom stereocenters. The van der Waals surface area contributed by atoms with Crippen molar-refractivity contribution in [3.05, 3.63) is 24.3 Å². The van der Waals surface area contributed by atoms with E-state index in [1.807, 2.05) is 0 Å². The molecule has 0 aliphatic rings. The van der Waals surface area contributed by atoms with Crippen molar-refractivity contribution in [3.8, 4) is 11.5 Å². The third-order valence-electron chi connectivity index (χ3n) is 25.4. The van der Waals surface area contributed by atoms with Crippen molar-refractivity contribution < 1.29 is 9.47 Å². The molecule has 0 aromatic heterocycles. The van der Waals surface area contributed by atoms with E-state index in [1.54, 1.807) is 0 Å². The maximum absolute atomic E-state index is 6.07. The molecule has 1 aromatic rings. The zero-order chi connectivity index (χ0) is 76.7. The Kier molecular flexibility index (Phi) is 95.3. The monoisotopic (exact) mass is 1510 g/mol. The number of hydrogen-bond acceptors (Lipinski definition) is 2. The third-order valence-corrected chi connectivity index (χ3v) is 25.4. The minimum atomic E-state index is 0.833. The molecule has 0 atom stereocenters. The molecule has 0 amide bonds. The standard InChI is InChI=1S/C106H206O2/c1-3-5-7-9-11-13-15-17-19-21-23-25-27-29-31-33-35-37-39-41-43-45-47-49-51-53-55-57-59-61-63-65-67-69-71-73-75-77-79-81-83-85-87-89-91-93-95-97-103-107-105-99-101-106(102-100-105)108-104-98-96-94-92-90-88-86-84-82-80-78-76-74-72-70-68-66-64-62-60-58-56-54-52-50-48-46-44-42-40-38-36-34-32-30-28-26-24-22-20-18-16-14-12-10-8-6-4-2/h99-102H,3-98,103-104H2,1-2H3. The van der Waals surface area contributed by atoms with Crippen molar-refractivity contribution in [2.24, 2.45) is 0 Å². The van der Waals surface area contributed by atoms with E-state index in [0.29, 0.717) is 0 Å². The van der Waals surface area contributed by atoms with Crippen molar-refractivity contribution in [1.29, 1.82) is 0 Å². The molecule has 0 fully saturated rings. The highest BCUT2D eigenvalue weighted by molar-refractivity contribution is 5.31. The summed E-state index contributed by atoms with van der Waals surface area (Å²) in [6.07, 6.45) is 141. The van der Waals surface area contributed by atoms with Crippen LogP contribution in [0.2, 0.25) is 0 Å². The fourth-order valence-corrected chi connectivity index (χ4v) is 17.6. The van der Waals surface area contributed by atoms with E-state index in [-0.39, 0.29) is 0 Å². The molecule has 0 bridgehead atoms. The Balaban J connectivity index is 1.66. The molecular weight excluding hydrogens is 1310 g/mol. The SMILES string of the molecule is CCCCCCCCCCCCCCCCCCCCCCCCCCCCCCCCCCCCCCCCCCCCCCCCCCOc1ccc(OCCCCCCCCCCCCCCCCCCCCCCCCCCCCCCCCCCCCCCCCCCCCCCCCCC)cc1. The van der Waals surface area contributed by atoms with E-state index < -0.39 is 0 Å². The van der Waals surface area contributed by atoms with Gasteiger partial charge in [-0.1, -0.05) is 617 Å². The Morgan fingerprint density at radius 2 is 0.185 bits per heavy atom. The summed E-state index contributed by atoms with van der Waals surface area (Å²) in [4.78, 5) is 0. The molecule has 0 N–H and O–H groups in total. The van der Waals surface area contributed by atoms with Gasteiger partial charge in [-0.15, -0.1) is 0 Å². The lowest BCUT2D eigenvalue weighted by Crippen LogP contribution is -1.99. The first-order valence-corrected chi connectivity index (χ1v) is 52.2. The predicted octanol–water partition coefficient (Wildman–Crippen LogP) is 39.9. The number of unbranched alkanes of at least 4 members (excludes halogenated alkanes) is 94. The van der Waals surface area contributed by atoms with Gasteiger partial charge in [-0.05, 0) is 37.1 Å². The van der Waals surface area contributed by atoms with Crippen LogP contribution in [0.15, 0.2) is 24.3 Å². The van der Waals surface area contributed by atoms with Crippen LogP contribution in [-0.4, -0.2) is 13.2 Å². The predicted molar refractivity (Wildman–Crippen MR) is 492 cm³/mol. The van der Waals surface area contributed by atoms with E-state index >= 15 is 0 Å². The molecule has 642 valence electrons. The quantitative estimate of drug-likeness (QED) is 0.0605. The van der Waals surface area contributed by atoms with Crippen LogP contribution in [0.1, 0.15) is 630 Å². The van der Waals surface area contributed by atoms with Crippen LogP contribution in [0.3, 0.4) is 0 Å². The molecule has 0 aliphatic heterocycles. The van der Waals surface area contributed by atoms with Gasteiger partial charge in [0, 0.05) is 0 Å². The van der Waals surface area contributed by atoms with Gasteiger partial charge in [-0.25, -0.2) is 0 Å². The first-order valence-electron chi connectivity index (χ1n) is 52.2. The number of benzene rings is 1. The smallest absolute Gasteiger partial charge is 0.119 e. The van der Waals surface area contributed by atoms with Crippen LogP contribution in [-0.2, 0) is 0 Å². The summed E-state index contributed by atoms with van der Waals surface area (Å²) in [5, 5.41) is 0. The van der Waals surface area contributed by atoms with Crippen molar-refractivity contribution in [2.75, 3.05) is 13.2 Å². The zero-order valence-corrected chi connectivity index (χ0v) is 75.4. The summed E-state index contributed by atoms with van der Waals surface area (Å²) >= 11 is 0. The van der Waals surface area contributed by atoms with Gasteiger partial charge in [0.05, 0.1) is 13.2 Å². The highest BCUT2D eigenvalue weighted by Gasteiger charge is 2.05. The van der Waals surface area contributed by atoms with Gasteiger partial charge in [0.15, 0.2) is 0 Å². The van der Waals surface area contributed by atoms with Gasteiger partial charge in [-0.3, -0.25) is 0 Å². The fraction of sp³-hybridized carbons (Fsp3) is 0.943. The molecule has 0 spiro atoms. The van der Waals surface area contributed by atoms with Gasteiger partial charge >= 0.3 is 0 Å². The van der Waals surface area contributed by atoms with Crippen LogP contribution in [0.25, 0.3) is 0 Å². The molecule has 0 aliphatic carbocycles. The molecule has 0 heterocycles. The minimum Gasteiger partial charge on any atom is -0.494 e. The largest absolute Gasteiger partial charge is 0.494 e. The second kappa shape index (κ2) is 98.2. The zero-order valence-electron chi connectivity index (χ0n) is 75.4. The Hall–Kier alpha value is -1.18. The van der Waals surface area contributed by atoms with E-state index in [4.69, 9.17) is 9.47 Å². The maximum Gasteiger partial charge on any atom is 0.119 e. The summed E-state index contributed by atoms with van der Waals surface area (Å²) in [5.74, 6) is 1.97. The Labute approximate surface area is 684 Å². The van der Waals surface area contributed by atoms with Crippen LogP contribution >= 0.6 is 0 Å². The number of hydrogen-bond donors (Lipinski definition) is 0. The topological polar surface area (TPSA) is 18.5 Å². The first-order chi connectivity index (χ1) is 53.9. The van der Waals surface area contributed by atoms with Crippen molar-refractivity contribution in [1.82, 2.24) is 0 Å². The third kappa shape index (κ3) is 92.0. The molecule has 2 heteroatoms. The van der Waals surface area contributed by atoms with Crippen molar-refractivity contribution in [3.63, 3.8) is 0 Å². The molecule has 0 saturated heterocycles. The van der Waals surface area contributed by atoms with E-state index in [0.717, 1.165) is 37.6 Å². The lowest BCUT2D eigenvalue weighted by Gasteiger charge is -2.09. The first kappa shape index (κ1) is 105. The van der Waals surface area contributed by atoms with Crippen LogP contribution in [0.4, 0.5) is 0 Å². The van der Waals surface area contributed by atoms with E-state index in [1.165, 1.54) is 604 Å². The summed E-state index contributed by atoms with van der Waals surface area (Å²) < 4.78 is 12.1. The van der Waals surface area contributed by atoms with Crippen molar-refractivity contribution >= 4 is 0 Å². The van der Waals surface area contributed by atoms with Gasteiger partial charge in [0.25, 0.3) is 0 Å². The van der Waals surface area contributed by atoms with Crippen LogP contribution < -0.4 is 9.47 Å². The fourth-order valence-electron chi connectivity index (χ4n) is 17.6. The molecule has 0 saturated carbocycles. The average Bonchev–Trinajstić information content (AvgIpc) is 0.921. The van der Waals surface area contributed by atoms with Crippen molar-refractivity contribution in [2.45, 2.75) is 630 Å². The molecule has 1 rings (SSSR count). The van der Waals surface area contributed by atoms with E-state index in [2.05, 4.69) is 38.1 Å². The number of rotatable bonds is 100. The highest BCUT2D eigenvalue weighted by Crippen LogP contribution is 2.25. The highest BCUT2D eigenvalue weighted by atomic mass is 16.5. The Morgan fingerprint density at radius 3 is 0.269 bits per heavy atom. The minimum absolute atomic E-state index is 0.833. The molecule has 0 radical (unpaired) electrons. The van der Waals surface area contributed by atoms with Gasteiger partial charge in [0.1, 0.15) is 11.5 Å². The maximum atomic E-state index is 6.07. The molecule has 2 nitrogen and oxygen atoms in total. The van der Waals surface area contributed by atoms with Gasteiger partial charge in [0.2, 0.25) is 0 Å². The van der Waals surface area contributed by atoms with E-state index in [9.17, 15) is 0 Å². The van der Waals surface area contributed by atoms with Crippen LogP contribution in [0.5, 0.6) is 11.5 Å². The molecule has 108 heavy (non-hydrogen) atoms. The summed E-state index contributed by atoms with van der Waals surface area (Å²) in [5.41, 5.74) is 0. The normalized spacial score (nSPS) is 11.7. The van der Waals surface area contributed by atoms with Gasteiger partial charge in [-0.2, -0.15) is 0 Å². The Bertz CT molecular complexity index is 1550. The second-order valence-electron chi connectivity index (χ2n) is 36.4. The molecular formula is C106H206O2. The number of ether oxygens (including phenoxy) is 2.